The van der Waals surface area contributed by atoms with Crippen LogP contribution in [-0.4, -0.2) is 55.4 Å². The highest BCUT2D eigenvalue weighted by Crippen LogP contribution is 2.31. The minimum absolute atomic E-state index is 0.0793. The molecule has 39 heavy (non-hydrogen) atoms. The molecule has 1 aromatic carbocycles. The molecule has 12 heteroatoms. The van der Waals surface area contributed by atoms with Gasteiger partial charge in [-0.25, -0.2) is 14.3 Å². The Morgan fingerprint density at radius 3 is 2.44 bits per heavy atom. The number of hydrogen-bond acceptors (Lipinski definition) is 7. The summed E-state index contributed by atoms with van der Waals surface area (Å²) in [7, 11) is 1.43. The number of halogens is 1. The molecular weight excluding hydrogens is 522 g/mol. The minimum atomic E-state index is -0.696. The topological polar surface area (TPSA) is 133 Å². The molecule has 0 saturated carbocycles. The van der Waals surface area contributed by atoms with Gasteiger partial charge in [0.2, 0.25) is 5.88 Å². The largest absolute Gasteiger partial charge is 0.480 e. The maximum atomic E-state index is 13.7. The summed E-state index contributed by atoms with van der Waals surface area (Å²) in [5, 5.41) is 15.4. The van der Waals surface area contributed by atoms with Crippen LogP contribution in [0.1, 0.15) is 65.8 Å². The van der Waals surface area contributed by atoms with E-state index in [9.17, 15) is 14.4 Å². The first-order valence-electron chi connectivity index (χ1n) is 12.3. The van der Waals surface area contributed by atoms with Crippen molar-refractivity contribution in [3.8, 4) is 11.7 Å². The van der Waals surface area contributed by atoms with Crippen LogP contribution in [0.3, 0.4) is 0 Å². The number of nitrogens with zero attached hydrogens (tertiary/aromatic N) is 5. The van der Waals surface area contributed by atoms with Gasteiger partial charge in [0.15, 0.2) is 5.82 Å². The number of aromatic nitrogens is 5. The van der Waals surface area contributed by atoms with Crippen LogP contribution in [-0.2, 0) is 0 Å². The Morgan fingerprint density at radius 1 is 1.10 bits per heavy atom. The molecule has 2 amide bonds. The zero-order valence-corrected chi connectivity index (χ0v) is 23.5. The molecule has 11 nitrogen and oxygen atoms in total. The second-order valence-corrected chi connectivity index (χ2v) is 10.8. The van der Waals surface area contributed by atoms with Crippen LogP contribution in [0.15, 0.2) is 36.7 Å². The lowest BCUT2D eigenvalue weighted by Crippen LogP contribution is -2.32. The Hall–Kier alpha value is -4.25. The fourth-order valence-corrected chi connectivity index (χ4v) is 4.17. The number of amides is 2. The fraction of sp³-hybridized carbons (Fsp3) is 0.333. The zero-order chi connectivity index (χ0) is 28.6. The number of benzene rings is 1. The van der Waals surface area contributed by atoms with E-state index in [4.69, 9.17) is 16.3 Å². The van der Waals surface area contributed by atoms with Gasteiger partial charge in [0.05, 0.1) is 23.4 Å². The summed E-state index contributed by atoms with van der Waals surface area (Å²) in [5.74, 6) is -0.858. The van der Waals surface area contributed by atoms with Gasteiger partial charge in [0.1, 0.15) is 11.2 Å². The highest BCUT2D eigenvalue weighted by molar-refractivity contribution is 6.32. The van der Waals surface area contributed by atoms with E-state index in [0.29, 0.717) is 10.9 Å². The van der Waals surface area contributed by atoms with Crippen molar-refractivity contribution < 1.29 is 19.1 Å². The van der Waals surface area contributed by atoms with Crippen LogP contribution >= 0.6 is 11.6 Å². The monoisotopic (exact) mass is 551 g/mol. The molecule has 4 rings (SSSR count). The lowest BCUT2D eigenvalue weighted by Gasteiger charge is -2.17. The maximum absolute atomic E-state index is 13.7. The standard InChI is InChI=1S/C27H30ClN7O4/c1-14(2)30-25(37)20-21(15(3)11-16-13-34(33-22(16)20)26(38)27(4,5)6)31-24(36)18-12-19(39-7)32-35(18)23-17(28)9-8-10-29-23/h8-14H,1-7H3,(H,30,37)(H,31,36). The average molecular weight is 552 g/mol. The van der Waals surface area contributed by atoms with Gasteiger partial charge in [-0.05, 0) is 44.5 Å². The molecule has 0 fully saturated rings. The van der Waals surface area contributed by atoms with Gasteiger partial charge >= 0.3 is 0 Å². The third-order valence-corrected chi connectivity index (χ3v) is 6.09. The molecule has 204 valence electrons. The van der Waals surface area contributed by atoms with E-state index in [1.165, 1.54) is 28.7 Å². The van der Waals surface area contributed by atoms with Crippen molar-refractivity contribution in [3.05, 3.63) is 58.5 Å². The SMILES string of the molecule is COc1cc(C(=O)Nc2c(C)cc3cn(C(=O)C(C)(C)C)nc3c2C(=O)NC(C)C)n(-c2ncccc2Cl)n1. The summed E-state index contributed by atoms with van der Waals surface area (Å²) in [4.78, 5) is 44.3. The van der Waals surface area contributed by atoms with Crippen molar-refractivity contribution in [2.75, 3.05) is 12.4 Å². The number of hydrogen-bond donors (Lipinski definition) is 2. The van der Waals surface area contributed by atoms with Gasteiger partial charge in [-0.1, -0.05) is 32.4 Å². The number of carbonyl (C=O) groups excluding carboxylic acids is 3. The first-order chi connectivity index (χ1) is 18.3. The van der Waals surface area contributed by atoms with Gasteiger partial charge < -0.3 is 15.4 Å². The molecule has 0 aliphatic heterocycles. The molecule has 0 aliphatic rings. The lowest BCUT2D eigenvalue weighted by atomic mass is 9.96. The molecule has 3 heterocycles. The van der Waals surface area contributed by atoms with E-state index in [-0.39, 0.29) is 51.1 Å². The van der Waals surface area contributed by atoms with Crippen molar-refractivity contribution in [2.45, 2.75) is 47.6 Å². The van der Waals surface area contributed by atoms with Crippen LogP contribution in [0.4, 0.5) is 5.69 Å². The van der Waals surface area contributed by atoms with Crippen LogP contribution < -0.4 is 15.4 Å². The number of carbonyl (C=O) groups is 3. The number of rotatable bonds is 6. The number of nitrogens with one attached hydrogen (secondary N) is 2. The Kier molecular flexibility index (Phi) is 7.47. The molecular formula is C27H30ClN7O4. The summed E-state index contributed by atoms with van der Waals surface area (Å²) >= 11 is 6.33. The predicted octanol–water partition coefficient (Wildman–Crippen LogP) is 4.66. The van der Waals surface area contributed by atoms with E-state index in [1.54, 1.807) is 52.1 Å². The molecule has 2 N–H and O–H groups in total. The van der Waals surface area contributed by atoms with E-state index in [0.717, 1.165) is 0 Å². The van der Waals surface area contributed by atoms with Crippen molar-refractivity contribution in [1.82, 2.24) is 29.9 Å². The quantitative estimate of drug-likeness (QED) is 0.356. The normalized spacial score (nSPS) is 11.6. The number of aryl methyl sites for hydroxylation is 1. The first kappa shape index (κ1) is 27.8. The molecule has 0 aliphatic carbocycles. The smallest absolute Gasteiger partial charge is 0.274 e. The Labute approximate surface area is 230 Å². The first-order valence-corrected chi connectivity index (χ1v) is 12.6. The van der Waals surface area contributed by atoms with E-state index < -0.39 is 17.2 Å². The van der Waals surface area contributed by atoms with Gasteiger partial charge in [-0.2, -0.15) is 5.10 Å². The molecule has 3 aromatic heterocycles. The number of methoxy groups -OCH3 is 1. The highest BCUT2D eigenvalue weighted by Gasteiger charge is 2.28. The fourth-order valence-electron chi connectivity index (χ4n) is 3.97. The average Bonchev–Trinajstić information content (AvgIpc) is 3.47. The second kappa shape index (κ2) is 10.5. The van der Waals surface area contributed by atoms with Gasteiger partial charge in [0, 0.05) is 35.3 Å². The molecule has 0 radical (unpaired) electrons. The maximum Gasteiger partial charge on any atom is 0.274 e. The summed E-state index contributed by atoms with van der Waals surface area (Å²) in [6, 6.07) is 6.31. The summed E-state index contributed by atoms with van der Waals surface area (Å²) < 4.78 is 7.76. The van der Waals surface area contributed by atoms with Crippen LogP contribution in [0.25, 0.3) is 16.7 Å². The third-order valence-electron chi connectivity index (χ3n) is 5.80. The third kappa shape index (κ3) is 5.49. The number of pyridine rings is 1. The Morgan fingerprint density at radius 2 is 1.82 bits per heavy atom. The van der Waals surface area contributed by atoms with Crippen LogP contribution in [0.5, 0.6) is 5.88 Å². The number of anilines is 1. The molecule has 0 bridgehead atoms. The number of ether oxygens (including phenoxy) is 1. The summed E-state index contributed by atoms with van der Waals surface area (Å²) in [6.45, 7) is 10.8. The zero-order valence-electron chi connectivity index (χ0n) is 22.8. The van der Waals surface area contributed by atoms with Gasteiger partial charge in [0.25, 0.3) is 17.7 Å². The predicted molar refractivity (Wildman–Crippen MR) is 148 cm³/mol. The highest BCUT2D eigenvalue weighted by atomic mass is 35.5. The van der Waals surface area contributed by atoms with E-state index in [1.807, 2.05) is 13.8 Å². The van der Waals surface area contributed by atoms with Crippen molar-refractivity contribution >= 4 is 45.9 Å². The molecule has 0 saturated heterocycles. The van der Waals surface area contributed by atoms with Crippen molar-refractivity contribution in [3.63, 3.8) is 0 Å². The van der Waals surface area contributed by atoms with Crippen molar-refractivity contribution in [2.24, 2.45) is 5.41 Å². The van der Waals surface area contributed by atoms with E-state index >= 15 is 0 Å². The van der Waals surface area contributed by atoms with Crippen LogP contribution in [0, 0.1) is 12.3 Å². The second-order valence-electron chi connectivity index (χ2n) is 10.4. The van der Waals surface area contributed by atoms with Crippen molar-refractivity contribution in [1.29, 1.82) is 0 Å². The Bertz CT molecular complexity index is 1600. The van der Waals surface area contributed by atoms with E-state index in [2.05, 4.69) is 25.8 Å². The van der Waals surface area contributed by atoms with Gasteiger partial charge in [-0.3, -0.25) is 14.4 Å². The molecule has 0 atom stereocenters. The Balaban J connectivity index is 1.87. The molecule has 4 aromatic rings. The molecule has 0 unspecified atom stereocenters. The lowest BCUT2D eigenvalue weighted by molar-refractivity contribution is 0.0749. The number of fused-ring (bicyclic) bond motifs is 1. The molecule has 0 spiro atoms. The van der Waals surface area contributed by atoms with Gasteiger partial charge in [-0.15, -0.1) is 5.10 Å². The summed E-state index contributed by atoms with van der Waals surface area (Å²) in [5.41, 5.74) is 0.653. The van der Waals surface area contributed by atoms with Crippen LogP contribution in [0.2, 0.25) is 5.02 Å². The minimum Gasteiger partial charge on any atom is -0.480 e. The summed E-state index contributed by atoms with van der Waals surface area (Å²) in [6.07, 6.45) is 3.12.